The van der Waals surface area contributed by atoms with E-state index in [0.29, 0.717) is 12.8 Å². The summed E-state index contributed by atoms with van der Waals surface area (Å²) in [6.45, 7) is -1.10. The molecule has 1 aliphatic heterocycles. The van der Waals surface area contributed by atoms with Crippen molar-refractivity contribution in [3.05, 3.63) is 28.2 Å². The number of likely N-dealkylation sites (tertiary alicyclic amines) is 1. The number of fused-ring (bicyclic) bond motifs is 1. The molecule has 11 heteroatoms. The molecule has 0 aromatic heterocycles. The van der Waals surface area contributed by atoms with Gasteiger partial charge in [0.1, 0.15) is 6.54 Å². The maximum Gasteiger partial charge on any atom is 0.326 e. The fourth-order valence-electron chi connectivity index (χ4n) is 3.43. The van der Waals surface area contributed by atoms with Crippen LogP contribution in [-0.4, -0.2) is 51.4 Å². The number of carbonyl (C=O) groups excluding carboxylic acids is 4. The van der Waals surface area contributed by atoms with Gasteiger partial charge in [0, 0.05) is 9.65 Å². The largest absolute Gasteiger partial charge is 0.454 e. The van der Waals surface area contributed by atoms with Crippen molar-refractivity contribution < 1.29 is 23.9 Å². The van der Waals surface area contributed by atoms with Crippen LogP contribution in [0.2, 0.25) is 10.0 Å². The monoisotopic (exact) mass is 568 g/mol. The van der Waals surface area contributed by atoms with E-state index in [0.717, 1.165) is 4.90 Å². The molecule has 7 nitrogen and oxygen atoms in total. The first-order chi connectivity index (χ1) is 13.7. The van der Waals surface area contributed by atoms with Crippen molar-refractivity contribution in [3.63, 3.8) is 0 Å². The van der Waals surface area contributed by atoms with Crippen LogP contribution in [0.15, 0.2) is 18.2 Å². The third-order valence-corrected chi connectivity index (χ3v) is 8.43. The minimum absolute atomic E-state index is 0.0782. The number of hydrogen-bond acceptors (Lipinski definition) is 5. The molecule has 1 aromatic rings. The van der Waals surface area contributed by atoms with Gasteiger partial charge in [-0.15, -0.1) is 0 Å². The van der Waals surface area contributed by atoms with Crippen LogP contribution in [-0.2, 0) is 23.9 Å². The molecule has 1 saturated heterocycles. The molecule has 4 atom stereocenters. The van der Waals surface area contributed by atoms with Crippen molar-refractivity contribution >= 4 is 84.4 Å². The van der Waals surface area contributed by atoms with E-state index in [1.54, 1.807) is 18.2 Å². The minimum atomic E-state index is -0.844. The highest BCUT2D eigenvalue weighted by Gasteiger charge is 2.52. The Morgan fingerprint density at radius 1 is 1.10 bits per heavy atom. The van der Waals surface area contributed by atoms with Crippen LogP contribution in [0.5, 0.6) is 0 Å². The summed E-state index contributed by atoms with van der Waals surface area (Å²) in [6.07, 6.45) is 1.03. The number of hydrogen-bond donors (Lipinski definition) is 1. The van der Waals surface area contributed by atoms with Gasteiger partial charge in [0.15, 0.2) is 6.61 Å². The molecular weight excluding hydrogens is 555 g/mol. The lowest BCUT2D eigenvalue weighted by Gasteiger charge is -2.29. The highest BCUT2D eigenvalue weighted by atomic mass is 79.9. The zero-order valence-electron chi connectivity index (χ0n) is 14.9. The average molecular weight is 571 g/mol. The predicted octanol–water partition coefficient (Wildman–Crippen LogP) is 3.40. The van der Waals surface area contributed by atoms with Gasteiger partial charge in [-0.1, -0.05) is 61.1 Å². The summed E-state index contributed by atoms with van der Waals surface area (Å²) in [4.78, 5) is 50.2. The van der Waals surface area contributed by atoms with E-state index >= 15 is 0 Å². The molecule has 2 aliphatic rings. The lowest BCUT2D eigenvalue weighted by Crippen LogP contribution is -2.37. The molecule has 0 radical (unpaired) electrons. The van der Waals surface area contributed by atoms with Crippen molar-refractivity contribution in [2.45, 2.75) is 22.5 Å². The van der Waals surface area contributed by atoms with E-state index in [-0.39, 0.29) is 37.2 Å². The molecule has 0 unspecified atom stereocenters. The molecule has 0 spiro atoms. The van der Waals surface area contributed by atoms with Gasteiger partial charge < -0.3 is 10.1 Å². The standard InChI is InChI=1S/C18H16Br2Cl2N2O5/c19-10-4-8-9(5-11(10)20)18(28)24(17(8)27)6-15(26)29-7-14(25)23-13-3-1-2-12(21)16(13)22/h1-3,8-11H,4-7H2,(H,23,25)/t8-,9-,10-,11+/m1/s1. The molecule has 1 heterocycles. The van der Waals surface area contributed by atoms with E-state index in [4.69, 9.17) is 27.9 Å². The first-order valence-corrected chi connectivity index (χ1v) is 11.3. The number of imide groups is 1. The Hall–Kier alpha value is -1.16. The van der Waals surface area contributed by atoms with E-state index in [9.17, 15) is 19.2 Å². The fraction of sp³-hybridized carbons (Fsp3) is 0.444. The summed E-state index contributed by atoms with van der Waals surface area (Å²) in [5, 5.41) is 2.91. The van der Waals surface area contributed by atoms with Gasteiger partial charge in [-0.05, 0) is 25.0 Å². The third kappa shape index (κ3) is 4.95. The number of rotatable bonds is 5. The van der Waals surface area contributed by atoms with Gasteiger partial charge in [-0.2, -0.15) is 0 Å². The number of anilines is 1. The molecule has 2 fully saturated rings. The Bertz CT molecular complexity index is 841. The number of esters is 1. The summed E-state index contributed by atoms with van der Waals surface area (Å²) in [5.74, 6) is -3.11. The van der Waals surface area contributed by atoms with Crippen molar-refractivity contribution in [1.82, 2.24) is 4.90 Å². The molecule has 1 N–H and O–H groups in total. The number of alkyl halides is 2. The number of carbonyl (C=O) groups is 4. The van der Waals surface area contributed by atoms with Gasteiger partial charge >= 0.3 is 5.97 Å². The first-order valence-electron chi connectivity index (χ1n) is 8.72. The normalized spacial score (nSPS) is 26.3. The zero-order valence-corrected chi connectivity index (χ0v) is 19.6. The maximum atomic E-state index is 12.5. The number of nitrogens with one attached hydrogen (secondary N) is 1. The number of halogens is 4. The maximum absolute atomic E-state index is 12.5. The van der Waals surface area contributed by atoms with E-state index < -0.39 is 36.9 Å². The van der Waals surface area contributed by atoms with E-state index in [2.05, 4.69) is 37.2 Å². The Kier molecular flexibility index (Phi) is 7.24. The van der Waals surface area contributed by atoms with Gasteiger partial charge in [0.2, 0.25) is 11.8 Å². The topological polar surface area (TPSA) is 92.8 Å². The second-order valence-electron chi connectivity index (χ2n) is 6.79. The molecule has 29 heavy (non-hydrogen) atoms. The van der Waals surface area contributed by atoms with Gasteiger partial charge in [-0.3, -0.25) is 24.1 Å². The number of benzene rings is 1. The Morgan fingerprint density at radius 3 is 2.28 bits per heavy atom. The Balaban J connectivity index is 1.53. The minimum Gasteiger partial charge on any atom is -0.454 e. The van der Waals surface area contributed by atoms with Crippen molar-refractivity contribution in [1.29, 1.82) is 0 Å². The Labute approximate surface area is 193 Å². The van der Waals surface area contributed by atoms with Gasteiger partial charge in [0.25, 0.3) is 5.91 Å². The van der Waals surface area contributed by atoms with Crippen LogP contribution in [0.4, 0.5) is 5.69 Å². The number of nitrogens with zero attached hydrogens (tertiary/aromatic N) is 1. The lowest BCUT2D eigenvalue weighted by atomic mass is 9.81. The van der Waals surface area contributed by atoms with Crippen molar-refractivity contribution in [2.75, 3.05) is 18.5 Å². The zero-order chi connectivity index (χ0) is 21.3. The van der Waals surface area contributed by atoms with Crippen LogP contribution in [0, 0.1) is 11.8 Å². The summed E-state index contributed by atoms with van der Waals surface area (Å²) in [5.41, 5.74) is 0.280. The summed E-state index contributed by atoms with van der Waals surface area (Å²) in [6, 6.07) is 4.72. The van der Waals surface area contributed by atoms with E-state index in [1.165, 1.54) is 0 Å². The van der Waals surface area contributed by atoms with Crippen molar-refractivity contribution in [2.24, 2.45) is 11.8 Å². The van der Waals surface area contributed by atoms with Crippen LogP contribution < -0.4 is 5.32 Å². The highest BCUT2D eigenvalue weighted by Crippen LogP contribution is 2.43. The SMILES string of the molecule is O=C(COC(=O)CN1C(=O)[C@@H]2C[C@@H](Br)[C@@H](Br)C[C@H]2C1=O)Nc1cccc(Cl)c1Cl. The molecular formula is C18H16Br2Cl2N2O5. The van der Waals surface area contributed by atoms with Crippen LogP contribution >= 0.6 is 55.1 Å². The average Bonchev–Trinajstić information content (AvgIpc) is 2.89. The number of ether oxygens (including phenoxy) is 1. The second-order valence-corrected chi connectivity index (χ2v) is 9.93. The third-order valence-electron chi connectivity index (χ3n) is 4.88. The van der Waals surface area contributed by atoms with Gasteiger partial charge in [0.05, 0.1) is 27.6 Å². The lowest BCUT2D eigenvalue weighted by molar-refractivity contribution is -0.154. The smallest absolute Gasteiger partial charge is 0.326 e. The summed E-state index contributed by atoms with van der Waals surface area (Å²) < 4.78 is 4.91. The highest BCUT2D eigenvalue weighted by molar-refractivity contribution is 9.12. The molecule has 0 bridgehead atoms. The molecule has 156 valence electrons. The predicted molar refractivity (Wildman–Crippen MR) is 114 cm³/mol. The Morgan fingerprint density at radius 2 is 1.69 bits per heavy atom. The summed E-state index contributed by atoms with van der Waals surface area (Å²) >= 11 is 18.9. The molecule has 1 aromatic carbocycles. The van der Waals surface area contributed by atoms with Crippen LogP contribution in [0.3, 0.4) is 0 Å². The summed E-state index contributed by atoms with van der Waals surface area (Å²) in [7, 11) is 0. The van der Waals surface area contributed by atoms with Crippen molar-refractivity contribution in [3.8, 4) is 0 Å². The molecule has 1 saturated carbocycles. The molecule has 1 aliphatic carbocycles. The molecule has 3 rings (SSSR count). The number of amides is 3. The van der Waals surface area contributed by atoms with Crippen LogP contribution in [0.1, 0.15) is 12.8 Å². The first kappa shape index (κ1) is 22.5. The van der Waals surface area contributed by atoms with Gasteiger partial charge in [-0.25, -0.2) is 0 Å². The quantitative estimate of drug-likeness (QED) is 0.333. The van der Waals surface area contributed by atoms with Crippen LogP contribution in [0.25, 0.3) is 0 Å². The second kappa shape index (κ2) is 9.32. The molecule has 3 amide bonds. The van der Waals surface area contributed by atoms with E-state index in [1.807, 2.05) is 0 Å². The fourth-order valence-corrected chi connectivity index (χ4v) is 5.01.